The number of likely N-dealkylation sites (N-methyl/N-ethyl adjacent to an activating group) is 1. The Labute approximate surface area is 119 Å². The van der Waals surface area contributed by atoms with Crippen molar-refractivity contribution < 1.29 is 14.7 Å². The molecule has 0 aromatic heterocycles. The van der Waals surface area contributed by atoms with E-state index < -0.39 is 18.0 Å². The molecular weight excluding hydrogens is 256 g/mol. The fraction of sp³-hybridized carbons (Fsp3) is 0.467. The molecule has 0 heterocycles. The number of carbonyl (C=O) groups is 2. The molecule has 2 N–H and O–H groups in total. The van der Waals surface area contributed by atoms with E-state index in [2.05, 4.69) is 5.32 Å². The van der Waals surface area contributed by atoms with Crippen LogP contribution in [-0.2, 0) is 4.79 Å². The number of nitrogens with one attached hydrogen (secondary N) is 1. The van der Waals surface area contributed by atoms with Crippen molar-refractivity contribution in [1.82, 2.24) is 4.90 Å². The van der Waals surface area contributed by atoms with Crippen LogP contribution in [0.2, 0.25) is 0 Å². The number of amides is 2. The lowest BCUT2D eigenvalue weighted by Gasteiger charge is -2.25. The maximum absolute atomic E-state index is 12.1. The Kier molecular flexibility index (Phi) is 5.55. The maximum atomic E-state index is 12.1. The van der Waals surface area contributed by atoms with Gasteiger partial charge in [-0.25, -0.2) is 9.59 Å². The minimum Gasteiger partial charge on any atom is -0.480 e. The van der Waals surface area contributed by atoms with E-state index in [0.717, 1.165) is 11.3 Å². The highest BCUT2D eigenvalue weighted by Gasteiger charge is 2.25. The van der Waals surface area contributed by atoms with Gasteiger partial charge in [-0.1, -0.05) is 39.0 Å². The predicted octanol–water partition coefficient (Wildman–Crippen LogP) is 3.14. The molecule has 1 aromatic carbocycles. The van der Waals surface area contributed by atoms with Gasteiger partial charge in [-0.05, 0) is 24.0 Å². The summed E-state index contributed by atoms with van der Waals surface area (Å²) in [6, 6.07) is 6.31. The van der Waals surface area contributed by atoms with Gasteiger partial charge >= 0.3 is 12.0 Å². The summed E-state index contributed by atoms with van der Waals surface area (Å²) in [5, 5.41) is 11.9. The minimum atomic E-state index is -0.998. The average molecular weight is 278 g/mol. The van der Waals surface area contributed by atoms with E-state index in [-0.39, 0.29) is 5.92 Å². The van der Waals surface area contributed by atoms with E-state index >= 15 is 0 Å². The number of anilines is 1. The fourth-order valence-electron chi connectivity index (χ4n) is 2.07. The number of nitrogens with zero attached hydrogens (tertiary/aromatic N) is 1. The van der Waals surface area contributed by atoms with Crippen LogP contribution in [0.25, 0.3) is 0 Å². The topological polar surface area (TPSA) is 69.6 Å². The smallest absolute Gasteiger partial charge is 0.326 e. The molecule has 0 bridgehead atoms. The Morgan fingerprint density at radius 3 is 2.40 bits per heavy atom. The predicted molar refractivity (Wildman–Crippen MR) is 79.0 cm³/mol. The third-order valence-electron chi connectivity index (χ3n) is 3.28. The number of para-hydroxylation sites is 1. The number of rotatable bonds is 5. The van der Waals surface area contributed by atoms with Crippen LogP contribution < -0.4 is 5.32 Å². The molecule has 2 amide bonds. The number of carboxylic acid groups (broad SMARTS) is 1. The number of aliphatic carboxylic acids is 1. The van der Waals surface area contributed by atoms with Gasteiger partial charge < -0.3 is 15.3 Å². The van der Waals surface area contributed by atoms with Gasteiger partial charge in [-0.3, -0.25) is 0 Å². The van der Waals surface area contributed by atoms with E-state index in [1.807, 2.05) is 38.1 Å². The second kappa shape index (κ2) is 6.93. The molecule has 0 aliphatic carbocycles. The van der Waals surface area contributed by atoms with E-state index in [1.165, 1.54) is 11.9 Å². The zero-order valence-corrected chi connectivity index (χ0v) is 12.4. The highest BCUT2D eigenvalue weighted by atomic mass is 16.4. The average Bonchev–Trinajstić information content (AvgIpc) is 2.39. The van der Waals surface area contributed by atoms with Crippen molar-refractivity contribution in [2.24, 2.45) is 0 Å². The van der Waals surface area contributed by atoms with E-state index in [0.29, 0.717) is 6.42 Å². The Morgan fingerprint density at radius 2 is 1.90 bits per heavy atom. The Bertz CT molecular complexity index is 486. The molecule has 0 saturated heterocycles. The van der Waals surface area contributed by atoms with E-state index in [1.54, 1.807) is 6.92 Å². The Hall–Kier alpha value is -2.04. The number of benzene rings is 1. The van der Waals surface area contributed by atoms with Crippen LogP contribution in [0.5, 0.6) is 0 Å². The number of hydrogen-bond acceptors (Lipinski definition) is 2. The van der Waals surface area contributed by atoms with E-state index in [4.69, 9.17) is 5.11 Å². The minimum absolute atomic E-state index is 0.276. The monoisotopic (exact) mass is 278 g/mol. The molecule has 0 spiro atoms. The molecule has 1 rings (SSSR count). The number of urea groups is 1. The van der Waals surface area contributed by atoms with Crippen molar-refractivity contribution in [3.8, 4) is 0 Å². The van der Waals surface area contributed by atoms with Crippen molar-refractivity contribution in [2.45, 2.75) is 39.2 Å². The quantitative estimate of drug-likeness (QED) is 0.869. The number of carboxylic acids is 1. The van der Waals surface area contributed by atoms with Gasteiger partial charge in [0.1, 0.15) is 6.04 Å². The highest BCUT2D eigenvalue weighted by molar-refractivity contribution is 5.92. The lowest BCUT2D eigenvalue weighted by Crippen LogP contribution is -2.44. The largest absolute Gasteiger partial charge is 0.480 e. The van der Waals surface area contributed by atoms with Gasteiger partial charge in [0, 0.05) is 12.7 Å². The highest BCUT2D eigenvalue weighted by Crippen LogP contribution is 2.24. The van der Waals surface area contributed by atoms with Crippen LogP contribution >= 0.6 is 0 Å². The molecular formula is C15H22N2O3. The van der Waals surface area contributed by atoms with Gasteiger partial charge in [0.2, 0.25) is 0 Å². The summed E-state index contributed by atoms with van der Waals surface area (Å²) < 4.78 is 0. The van der Waals surface area contributed by atoms with Crippen LogP contribution in [0.15, 0.2) is 24.3 Å². The van der Waals surface area contributed by atoms with Crippen LogP contribution in [-0.4, -0.2) is 35.1 Å². The second-order valence-electron chi connectivity index (χ2n) is 5.05. The van der Waals surface area contributed by atoms with Gasteiger partial charge in [0.15, 0.2) is 0 Å². The molecule has 20 heavy (non-hydrogen) atoms. The molecule has 0 radical (unpaired) electrons. The molecule has 5 heteroatoms. The number of hydrogen-bond donors (Lipinski definition) is 2. The second-order valence-corrected chi connectivity index (χ2v) is 5.05. The summed E-state index contributed by atoms with van der Waals surface area (Å²) in [5.74, 6) is -0.722. The zero-order valence-electron chi connectivity index (χ0n) is 12.4. The molecule has 110 valence electrons. The maximum Gasteiger partial charge on any atom is 0.326 e. The van der Waals surface area contributed by atoms with Crippen molar-refractivity contribution in [3.05, 3.63) is 29.8 Å². The van der Waals surface area contributed by atoms with Crippen molar-refractivity contribution in [2.75, 3.05) is 12.4 Å². The van der Waals surface area contributed by atoms with Crippen LogP contribution in [0.4, 0.5) is 10.5 Å². The Morgan fingerprint density at radius 1 is 1.30 bits per heavy atom. The normalized spacial score (nSPS) is 12.1. The first kappa shape index (κ1) is 16.0. The van der Waals surface area contributed by atoms with Gasteiger partial charge in [-0.2, -0.15) is 0 Å². The molecule has 0 aliphatic rings. The molecule has 0 aliphatic heterocycles. The summed E-state index contributed by atoms with van der Waals surface area (Å²) in [5.41, 5.74) is 1.75. The van der Waals surface area contributed by atoms with Crippen molar-refractivity contribution in [1.29, 1.82) is 0 Å². The Balaban J connectivity index is 2.88. The van der Waals surface area contributed by atoms with Crippen LogP contribution in [0.1, 0.15) is 38.7 Å². The summed E-state index contributed by atoms with van der Waals surface area (Å²) in [7, 11) is 1.50. The first-order valence-electron chi connectivity index (χ1n) is 6.74. The summed E-state index contributed by atoms with van der Waals surface area (Å²) in [6.45, 7) is 5.83. The van der Waals surface area contributed by atoms with E-state index in [9.17, 15) is 9.59 Å². The lowest BCUT2D eigenvalue weighted by molar-refractivity contribution is -0.141. The first-order valence-corrected chi connectivity index (χ1v) is 6.74. The fourth-order valence-corrected chi connectivity index (χ4v) is 2.07. The number of carbonyl (C=O) groups excluding carboxylic acids is 1. The standard InChI is InChI=1S/C15H22N2O3/c1-5-13(14(18)19)17(4)15(20)16-12-9-7-6-8-11(12)10(2)3/h6-10,13H,5H2,1-4H3,(H,16,20)(H,18,19). The van der Waals surface area contributed by atoms with Crippen molar-refractivity contribution in [3.63, 3.8) is 0 Å². The van der Waals surface area contributed by atoms with Gasteiger partial charge in [0.05, 0.1) is 0 Å². The van der Waals surface area contributed by atoms with Gasteiger partial charge in [-0.15, -0.1) is 0 Å². The third-order valence-corrected chi connectivity index (χ3v) is 3.28. The molecule has 1 aromatic rings. The lowest BCUT2D eigenvalue weighted by atomic mass is 10.0. The summed E-state index contributed by atoms with van der Waals surface area (Å²) >= 11 is 0. The van der Waals surface area contributed by atoms with Crippen molar-refractivity contribution >= 4 is 17.7 Å². The molecule has 1 atom stereocenters. The SMILES string of the molecule is CCC(C(=O)O)N(C)C(=O)Nc1ccccc1C(C)C. The molecule has 5 nitrogen and oxygen atoms in total. The molecule has 1 unspecified atom stereocenters. The summed E-state index contributed by atoms with van der Waals surface area (Å²) in [4.78, 5) is 24.4. The van der Waals surface area contributed by atoms with Crippen LogP contribution in [0.3, 0.4) is 0 Å². The third kappa shape index (κ3) is 3.73. The van der Waals surface area contributed by atoms with Gasteiger partial charge in [0.25, 0.3) is 0 Å². The molecule has 0 fully saturated rings. The zero-order chi connectivity index (χ0) is 15.3. The van der Waals surface area contributed by atoms with Crippen LogP contribution in [0, 0.1) is 0 Å². The summed E-state index contributed by atoms with van der Waals surface area (Å²) in [6.07, 6.45) is 0.366. The molecule has 0 saturated carbocycles. The first-order chi connectivity index (χ1) is 9.38.